The standard InChI is InChI=1S/C17H16ClNO2/c1-12-3-5-13(6-4-12)16(20)9-10-19-15-11-14(18)7-8-17(15)21-2/h3-11,19H,1-2H3/b10-9+. The molecule has 0 radical (unpaired) electrons. The Morgan fingerprint density at radius 2 is 1.90 bits per heavy atom. The lowest BCUT2D eigenvalue weighted by Gasteiger charge is -2.08. The van der Waals surface area contributed by atoms with Gasteiger partial charge < -0.3 is 10.1 Å². The van der Waals surface area contributed by atoms with Crippen molar-refractivity contribution in [3.05, 3.63) is 70.9 Å². The first-order valence-corrected chi connectivity index (χ1v) is 6.85. The van der Waals surface area contributed by atoms with Crippen LogP contribution in [0.1, 0.15) is 15.9 Å². The Morgan fingerprint density at radius 3 is 2.57 bits per heavy atom. The summed E-state index contributed by atoms with van der Waals surface area (Å²) in [4.78, 5) is 12.0. The summed E-state index contributed by atoms with van der Waals surface area (Å²) >= 11 is 5.94. The number of allylic oxidation sites excluding steroid dienone is 1. The summed E-state index contributed by atoms with van der Waals surface area (Å²) in [6.45, 7) is 1.98. The number of carbonyl (C=O) groups is 1. The van der Waals surface area contributed by atoms with Gasteiger partial charge in [0.05, 0.1) is 12.8 Å². The zero-order chi connectivity index (χ0) is 15.2. The number of hydrogen-bond acceptors (Lipinski definition) is 3. The summed E-state index contributed by atoms with van der Waals surface area (Å²) in [5.74, 6) is 0.593. The van der Waals surface area contributed by atoms with Crippen molar-refractivity contribution in [3.63, 3.8) is 0 Å². The van der Waals surface area contributed by atoms with E-state index in [4.69, 9.17) is 16.3 Å². The molecule has 108 valence electrons. The van der Waals surface area contributed by atoms with Gasteiger partial charge in [-0.15, -0.1) is 0 Å². The molecule has 0 aliphatic heterocycles. The van der Waals surface area contributed by atoms with Gasteiger partial charge in [-0.2, -0.15) is 0 Å². The van der Waals surface area contributed by atoms with Crippen molar-refractivity contribution >= 4 is 23.1 Å². The molecular formula is C17H16ClNO2. The van der Waals surface area contributed by atoms with Crippen LogP contribution in [0.25, 0.3) is 0 Å². The largest absolute Gasteiger partial charge is 0.495 e. The molecule has 0 aliphatic rings. The first-order chi connectivity index (χ1) is 10.1. The van der Waals surface area contributed by atoms with Gasteiger partial charge in [0.2, 0.25) is 0 Å². The summed E-state index contributed by atoms with van der Waals surface area (Å²) in [6, 6.07) is 12.7. The number of ether oxygens (including phenoxy) is 1. The number of methoxy groups -OCH3 is 1. The minimum Gasteiger partial charge on any atom is -0.495 e. The second-order valence-corrected chi connectivity index (χ2v) is 4.99. The maximum Gasteiger partial charge on any atom is 0.187 e. The quantitative estimate of drug-likeness (QED) is 0.654. The molecule has 4 heteroatoms. The van der Waals surface area contributed by atoms with Crippen LogP contribution in [0.4, 0.5) is 5.69 Å². The Balaban J connectivity index is 2.07. The molecule has 0 bridgehead atoms. The van der Waals surface area contributed by atoms with Gasteiger partial charge in [-0.3, -0.25) is 4.79 Å². The van der Waals surface area contributed by atoms with Crippen molar-refractivity contribution in [2.45, 2.75) is 6.92 Å². The Bertz CT molecular complexity index is 663. The molecule has 21 heavy (non-hydrogen) atoms. The van der Waals surface area contributed by atoms with Crippen molar-refractivity contribution in [2.24, 2.45) is 0 Å². The van der Waals surface area contributed by atoms with Crippen molar-refractivity contribution in [1.29, 1.82) is 0 Å². The van der Waals surface area contributed by atoms with E-state index in [1.54, 1.807) is 31.5 Å². The third-order valence-corrected chi connectivity index (χ3v) is 3.21. The lowest BCUT2D eigenvalue weighted by atomic mass is 10.1. The molecule has 2 rings (SSSR count). The number of nitrogens with one attached hydrogen (secondary N) is 1. The summed E-state index contributed by atoms with van der Waals surface area (Å²) in [5.41, 5.74) is 2.48. The Hall–Kier alpha value is -2.26. The van der Waals surface area contributed by atoms with Crippen LogP contribution in [0, 0.1) is 6.92 Å². The Morgan fingerprint density at radius 1 is 1.19 bits per heavy atom. The molecule has 0 heterocycles. The zero-order valence-corrected chi connectivity index (χ0v) is 12.6. The lowest BCUT2D eigenvalue weighted by Crippen LogP contribution is -1.97. The summed E-state index contributed by atoms with van der Waals surface area (Å²) in [7, 11) is 1.58. The summed E-state index contributed by atoms with van der Waals surface area (Å²) < 4.78 is 5.22. The molecule has 0 saturated heterocycles. The van der Waals surface area contributed by atoms with Crippen LogP contribution < -0.4 is 10.1 Å². The van der Waals surface area contributed by atoms with Gasteiger partial charge in [-0.05, 0) is 25.1 Å². The molecule has 0 aliphatic carbocycles. The molecule has 0 fully saturated rings. The van der Waals surface area contributed by atoms with E-state index in [2.05, 4.69) is 5.32 Å². The molecule has 2 aromatic carbocycles. The number of anilines is 1. The van der Waals surface area contributed by atoms with Crippen LogP contribution in [0.15, 0.2) is 54.7 Å². The van der Waals surface area contributed by atoms with E-state index in [-0.39, 0.29) is 5.78 Å². The number of aryl methyl sites for hydroxylation is 1. The van der Waals surface area contributed by atoms with Crippen LogP contribution in [0.5, 0.6) is 5.75 Å². The lowest BCUT2D eigenvalue weighted by molar-refractivity contribution is 0.104. The third kappa shape index (κ3) is 4.10. The van der Waals surface area contributed by atoms with Crippen molar-refractivity contribution in [3.8, 4) is 5.75 Å². The van der Waals surface area contributed by atoms with Gasteiger partial charge in [0.15, 0.2) is 5.78 Å². The van der Waals surface area contributed by atoms with E-state index in [0.29, 0.717) is 22.0 Å². The minimum atomic E-state index is -0.0662. The van der Waals surface area contributed by atoms with Crippen LogP contribution in [0.2, 0.25) is 5.02 Å². The predicted octanol–water partition coefficient (Wildman–Crippen LogP) is 4.47. The fourth-order valence-corrected chi connectivity index (χ4v) is 1.99. The number of hydrogen-bond donors (Lipinski definition) is 1. The van der Waals surface area contributed by atoms with Gasteiger partial charge in [-0.1, -0.05) is 41.4 Å². The van der Waals surface area contributed by atoms with E-state index in [9.17, 15) is 4.79 Å². The number of halogens is 1. The van der Waals surface area contributed by atoms with E-state index in [1.165, 1.54) is 6.08 Å². The minimum absolute atomic E-state index is 0.0662. The van der Waals surface area contributed by atoms with Gasteiger partial charge >= 0.3 is 0 Å². The normalized spacial score (nSPS) is 10.6. The van der Waals surface area contributed by atoms with Crippen LogP contribution in [0.3, 0.4) is 0 Å². The van der Waals surface area contributed by atoms with Gasteiger partial charge in [0, 0.05) is 22.9 Å². The maximum atomic E-state index is 12.0. The first kappa shape index (κ1) is 15.1. The molecule has 3 nitrogen and oxygen atoms in total. The SMILES string of the molecule is COc1ccc(Cl)cc1N/C=C/C(=O)c1ccc(C)cc1. The van der Waals surface area contributed by atoms with Crippen LogP contribution >= 0.6 is 11.6 Å². The predicted molar refractivity (Wildman–Crippen MR) is 86.3 cm³/mol. The third-order valence-electron chi connectivity index (χ3n) is 2.97. The molecule has 0 unspecified atom stereocenters. The van der Waals surface area contributed by atoms with E-state index in [0.717, 1.165) is 5.56 Å². The maximum absolute atomic E-state index is 12.0. The van der Waals surface area contributed by atoms with Crippen LogP contribution in [-0.4, -0.2) is 12.9 Å². The molecule has 0 spiro atoms. The van der Waals surface area contributed by atoms with Crippen LogP contribution in [-0.2, 0) is 0 Å². The number of benzene rings is 2. The van der Waals surface area contributed by atoms with E-state index < -0.39 is 0 Å². The Labute approximate surface area is 129 Å². The second kappa shape index (κ2) is 6.95. The summed E-state index contributed by atoms with van der Waals surface area (Å²) in [6.07, 6.45) is 3.06. The van der Waals surface area contributed by atoms with Crippen molar-refractivity contribution < 1.29 is 9.53 Å². The summed E-state index contributed by atoms with van der Waals surface area (Å²) in [5, 5.41) is 3.60. The highest BCUT2D eigenvalue weighted by atomic mass is 35.5. The number of ketones is 1. The average Bonchev–Trinajstić information content (AvgIpc) is 2.48. The van der Waals surface area contributed by atoms with E-state index in [1.807, 2.05) is 31.2 Å². The first-order valence-electron chi connectivity index (χ1n) is 6.48. The molecule has 0 aromatic heterocycles. The topological polar surface area (TPSA) is 38.3 Å². The van der Waals surface area contributed by atoms with Crippen molar-refractivity contribution in [2.75, 3.05) is 12.4 Å². The second-order valence-electron chi connectivity index (χ2n) is 4.55. The Kier molecular flexibility index (Phi) is 5.01. The van der Waals surface area contributed by atoms with Gasteiger partial charge in [0.25, 0.3) is 0 Å². The van der Waals surface area contributed by atoms with Crippen molar-refractivity contribution in [1.82, 2.24) is 0 Å². The molecule has 0 atom stereocenters. The van der Waals surface area contributed by atoms with E-state index >= 15 is 0 Å². The highest BCUT2D eigenvalue weighted by Crippen LogP contribution is 2.27. The fourth-order valence-electron chi connectivity index (χ4n) is 1.81. The monoisotopic (exact) mass is 301 g/mol. The average molecular weight is 302 g/mol. The fraction of sp³-hybridized carbons (Fsp3) is 0.118. The number of carbonyl (C=O) groups excluding carboxylic acids is 1. The highest BCUT2D eigenvalue weighted by Gasteiger charge is 2.03. The van der Waals surface area contributed by atoms with Gasteiger partial charge in [-0.25, -0.2) is 0 Å². The molecule has 0 amide bonds. The smallest absolute Gasteiger partial charge is 0.187 e. The molecule has 1 N–H and O–H groups in total. The number of rotatable bonds is 5. The zero-order valence-electron chi connectivity index (χ0n) is 11.9. The van der Waals surface area contributed by atoms with Gasteiger partial charge in [0.1, 0.15) is 5.75 Å². The molecular weight excluding hydrogens is 286 g/mol. The molecule has 2 aromatic rings. The highest BCUT2D eigenvalue weighted by molar-refractivity contribution is 6.30. The molecule has 0 saturated carbocycles.